The Morgan fingerprint density at radius 2 is 1.74 bits per heavy atom. The van der Waals surface area contributed by atoms with Crippen LogP contribution in [0.5, 0.6) is 0 Å². The monoisotopic (exact) mass is 283 g/mol. The summed E-state index contributed by atoms with van der Waals surface area (Å²) in [5.74, 6) is 0.158. The number of sulfonamides is 1. The number of aryl methyl sites for hydroxylation is 1. The first-order chi connectivity index (χ1) is 9.00. The van der Waals surface area contributed by atoms with Gasteiger partial charge in [-0.15, -0.1) is 0 Å². The third-order valence-electron chi connectivity index (χ3n) is 3.40. The quantitative estimate of drug-likeness (QED) is 0.844. The zero-order valence-corrected chi connectivity index (χ0v) is 12.3. The minimum Gasteiger partial charge on any atom is -0.378 e. The van der Waals surface area contributed by atoms with Crippen LogP contribution in [0.4, 0.5) is 0 Å². The van der Waals surface area contributed by atoms with Crippen LogP contribution in [0.15, 0.2) is 30.3 Å². The average Bonchev–Trinajstić information content (AvgIpc) is 2.37. The highest BCUT2D eigenvalue weighted by Gasteiger charge is 2.34. The van der Waals surface area contributed by atoms with Crippen LogP contribution in [-0.4, -0.2) is 43.8 Å². The van der Waals surface area contributed by atoms with Gasteiger partial charge < -0.3 is 4.74 Å². The van der Waals surface area contributed by atoms with Crippen LogP contribution >= 0.6 is 0 Å². The average molecular weight is 283 g/mol. The molecule has 0 spiro atoms. The molecule has 0 radical (unpaired) electrons. The van der Waals surface area contributed by atoms with Crippen LogP contribution in [0.3, 0.4) is 0 Å². The lowest BCUT2D eigenvalue weighted by Crippen LogP contribution is -2.53. The van der Waals surface area contributed by atoms with Crippen molar-refractivity contribution < 1.29 is 13.2 Å². The van der Waals surface area contributed by atoms with Crippen molar-refractivity contribution in [3.05, 3.63) is 35.9 Å². The van der Waals surface area contributed by atoms with Gasteiger partial charge in [0.1, 0.15) is 0 Å². The van der Waals surface area contributed by atoms with E-state index in [9.17, 15) is 8.42 Å². The van der Waals surface area contributed by atoms with Gasteiger partial charge in [-0.25, -0.2) is 8.42 Å². The molecule has 1 aromatic carbocycles. The Bertz CT molecular complexity index is 491. The fraction of sp³-hybridized carbons (Fsp3) is 0.571. The third-order valence-corrected chi connectivity index (χ3v) is 5.48. The molecule has 2 atom stereocenters. The van der Waals surface area contributed by atoms with Gasteiger partial charge in [0.2, 0.25) is 10.0 Å². The maximum absolute atomic E-state index is 12.5. The van der Waals surface area contributed by atoms with Gasteiger partial charge in [0.05, 0.1) is 19.0 Å². The normalized spacial score (nSPS) is 25.4. The summed E-state index contributed by atoms with van der Waals surface area (Å²) in [6, 6.07) is 9.56. The predicted molar refractivity (Wildman–Crippen MR) is 75.5 cm³/mol. The summed E-state index contributed by atoms with van der Waals surface area (Å²) in [6.45, 7) is 4.76. The highest BCUT2D eigenvalue weighted by molar-refractivity contribution is 7.89. The van der Waals surface area contributed by atoms with Gasteiger partial charge in [0.15, 0.2) is 0 Å². The molecule has 1 saturated heterocycles. The SMILES string of the molecule is CC1COCC(C)N1S(=O)(=O)CCc1ccccc1. The summed E-state index contributed by atoms with van der Waals surface area (Å²) in [7, 11) is -3.23. The fourth-order valence-corrected chi connectivity index (χ4v) is 4.46. The van der Waals surface area contributed by atoms with Gasteiger partial charge in [-0.05, 0) is 25.8 Å². The lowest BCUT2D eigenvalue weighted by Gasteiger charge is -2.37. The summed E-state index contributed by atoms with van der Waals surface area (Å²) >= 11 is 0. The van der Waals surface area contributed by atoms with Crippen molar-refractivity contribution in [2.24, 2.45) is 0 Å². The van der Waals surface area contributed by atoms with Crippen molar-refractivity contribution in [3.63, 3.8) is 0 Å². The summed E-state index contributed by atoms with van der Waals surface area (Å²) in [6.07, 6.45) is 0.556. The van der Waals surface area contributed by atoms with E-state index in [1.54, 1.807) is 4.31 Å². The molecule has 4 nitrogen and oxygen atoms in total. The molecule has 0 aliphatic carbocycles. The van der Waals surface area contributed by atoms with E-state index in [0.717, 1.165) is 5.56 Å². The summed E-state index contributed by atoms with van der Waals surface area (Å²) in [5.41, 5.74) is 1.06. The molecule has 0 aromatic heterocycles. The van der Waals surface area contributed by atoms with Crippen molar-refractivity contribution in [3.8, 4) is 0 Å². The predicted octanol–water partition coefficient (Wildman–Crippen LogP) is 1.67. The Hall–Kier alpha value is -0.910. The molecule has 106 valence electrons. The maximum atomic E-state index is 12.5. The van der Waals surface area contributed by atoms with E-state index in [1.165, 1.54) is 0 Å². The minimum absolute atomic E-state index is 0.0791. The standard InChI is InChI=1S/C14H21NO3S/c1-12-10-18-11-13(2)15(12)19(16,17)9-8-14-6-4-3-5-7-14/h3-7,12-13H,8-11H2,1-2H3. The van der Waals surface area contributed by atoms with Crippen molar-refractivity contribution >= 4 is 10.0 Å². The molecule has 1 aromatic rings. The number of nitrogens with zero attached hydrogens (tertiary/aromatic N) is 1. The van der Waals surface area contributed by atoms with Gasteiger partial charge in [-0.2, -0.15) is 4.31 Å². The lowest BCUT2D eigenvalue weighted by atomic mass is 10.2. The first-order valence-electron chi connectivity index (χ1n) is 6.63. The second kappa shape index (κ2) is 6.03. The minimum atomic E-state index is -3.23. The fourth-order valence-electron chi connectivity index (χ4n) is 2.54. The summed E-state index contributed by atoms with van der Waals surface area (Å²) in [4.78, 5) is 0. The van der Waals surface area contributed by atoms with Gasteiger partial charge >= 0.3 is 0 Å². The summed E-state index contributed by atoms with van der Waals surface area (Å²) < 4.78 is 31.9. The van der Waals surface area contributed by atoms with Gasteiger partial charge in [0, 0.05) is 12.1 Å². The molecule has 5 heteroatoms. The van der Waals surface area contributed by atoms with Crippen LogP contribution in [-0.2, 0) is 21.2 Å². The summed E-state index contributed by atoms with van der Waals surface area (Å²) in [5, 5.41) is 0. The topological polar surface area (TPSA) is 46.6 Å². The molecule has 1 aliphatic heterocycles. The molecule has 1 fully saturated rings. The van der Waals surface area contributed by atoms with Crippen molar-refractivity contribution in [2.45, 2.75) is 32.4 Å². The Kier molecular flexibility index (Phi) is 4.60. The van der Waals surface area contributed by atoms with Crippen LogP contribution in [0.25, 0.3) is 0 Å². The van der Waals surface area contributed by atoms with Crippen molar-refractivity contribution in [1.29, 1.82) is 0 Å². The molecule has 19 heavy (non-hydrogen) atoms. The molecule has 1 aliphatic rings. The Morgan fingerprint density at radius 1 is 1.16 bits per heavy atom. The number of benzene rings is 1. The Labute approximate surface area is 115 Å². The van der Waals surface area contributed by atoms with Crippen LogP contribution in [0.1, 0.15) is 19.4 Å². The van der Waals surface area contributed by atoms with E-state index in [0.29, 0.717) is 19.6 Å². The van der Waals surface area contributed by atoms with Gasteiger partial charge in [0.25, 0.3) is 0 Å². The van der Waals surface area contributed by atoms with E-state index < -0.39 is 10.0 Å². The molecular formula is C14H21NO3S. The number of hydrogen-bond acceptors (Lipinski definition) is 3. The molecular weight excluding hydrogens is 262 g/mol. The van der Waals surface area contributed by atoms with Crippen LogP contribution in [0.2, 0.25) is 0 Å². The van der Waals surface area contributed by atoms with E-state index in [2.05, 4.69) is 0 Å². The van der Waals surface area contributed by atoms with E-state index in [4.69, 9.17) is 4.74 Å². The highest BCUT2D eigenvalue weighted by Crippen LogP contribution is 2.19. The van der Waals surface area contributed by atoms with E-state index >= 15 is 0 Å². The second-order valence-corrected chi connectivity index (χ2v) is 7.11. The maximum Gasteiger partial charge on any atom is 0.215 e. The molecule has 0 bridgehead atoms. The molecule has 0 N–H and O–H groups in total. The van der Waals surface area contributed by atoms with Crippen molar-refractivity contribution in [2.75, 3.05) is 19.0 Å². The van der Waals surface area contributed by atoms with Gasteiger partial charge in [-0.1, -0.05) is 30.3 Å². The van der Waals surface area contributed by atoms with Gasteiger partial charge in [-0.3, -0.25) is 0 Å². The number of hydrogen-bond donors (Lipinski definition) is 0. The Morgan fingerprint density at radius 3 is 2.32 bits per heavy atom. The highest BCUT2D eigenvalue weighted by atomic mass is 32.2. The van der Waals surface area contributed by atoms with Crippen LogP contribution in [0, 0.1) is 0 Å². The lowest BCUT2D eigenvalue weighted by molar-refractivity contribution is 0.00640. The zero-order valence-electron chi connectivity index (χ0n) is 11.5. The Balaban J connectivity index is 2.05. The smallest absolute Gasteiger partial charge is 0.215 e. The largest absolute Gasteiger partial charge is 0.378 e. The first-order valence-corrected chi connectivity index (χ1v) is 8.24. The number of ether oxygens (including phenoxy) is 1. The number of morpholine rings is 1. The van der Waals surface area contributed by atoms with Crippen LogP contribution < -0.4 is 0 Å². The molecule has 2 unspecified atom stereocenters. The zero-order chi connectivity index (χ0) is 13.9. The molecule has 2 rings (SSSR count). The first kappa shape index (κ1) is 14.5. The van der Waals surface area contributed by atoms with E-state index in [1.807, 2.05) is 44.2 Å². The third kappa shape index (κ3) is 3.55. The number of rotatable bonds is 4. The molecule has 0 saturated carbocycles. The molecule has 0 amide bonds. The second-order valence-electron chi connectivity index (χ2n) is 5.12. The molecule has 1 heterocycles. The van der Waals surface area contributed by atoms with E-state index in [-0.39, 0.29) is 17.8 Å². The van der Waals surface area contributed by atoms with Crippen molar-refractivity contribution in [1.82, 2.24) is 4.31 Å².